The Labute approximate surface area is 118 Å². The molecule has 6 heteroatoms. The van der Waals surface area contributed by atoms with Gasteiger partial charge in [0, 0.05) is 16.8 Å². The molecule has 1 N–H and O–H groups in total. The predicted molar refractivity (Wildman–Crippen MR) is 80.6 cm³/mol. The molecule has 0 radical (unpaired) electrons. The zero-order valence-corrected chi connectivity index (χ0v) is 11.5. The number of anilines is 1. The maximum atomic E-state index is 11.1. The Balaban J connectivity index is 1.80. The number of fused-ring (bicyclic) bond motifs is 1. The highest BCUT2D eigenvalue weighted by Gasteiger charge is 1.98. The summed E-state index contributed by atoms with van der Waals surface area (Å²) in [5.41, 5.74) is 4.97. The number of thiazole rings is 1. The molecule has 0 aliphatic carbocycles. The van der Waals surface area contributed by atoms with Crippen molar-refractivity contribution in [3.63, 3.8) is 0 Å². The van der Waals surface area contributed by atoms with Gasteiger partial charge in [-0.1, -0.05) is 0 Å². The molecular weight excluding hydrogens is 274 g/mol. The van der Waals surface area contributed by atoms with Gasteiger partial charge in [-0.3, -0.25) is 5.43 Å². The van der Waals surface area contributed by atoms with Crippen LogP contribution in [0.3, 0.4) is 0 Å². The summed E-state index contributed by atoms with van der Waals surface area (Å²) in [4.78, 5) is 15.3. The quantitative estimate of drug-likeness (QED) is 0.456. The lowest BCUT2D eigenvalue weighted by Gasteiger charge is -1.98. The zero-order chi connectivity index (χ0) is 13.9. The fraction of sp³-hybridized carbons (Fsp3) is 0.0714. The number of hydrogen-bond donors (Lipinski definition) is 1. The third kappa shape index (κ3) is 2.75. The van der Waals surface area contributed by atoms with E-state index >= 15 is 0 Å². The van der Waals surface area contributed by atoms with Crippen molar-refractivity contribution in [1.29, 1.82) is 0 Å². The molecule has 100 valence electrons. The van der Waals surface area contributed by atoms with Gasteiger partial charge in [-0.15, -0.1) is 11.3 Å². The van der Waals surface area contributed by atoms with Crippen molar-refractivity contribution in [2.45, 2.75) is 6.92 Å². The second-order valence-electron chi connectivity index (χ2n) is 4.22. The fourth-order valence-corrected chi connectivity index (χ4v) is 2.37. The molecule has 0 atom stereocenters. The number of aromatic nitrogens is 1. The summed E-state index contributed by atoms with van der Waals surface area (Å²) in [7, 11) is 0. The van der Waals surface area contributed by atoms with Crippen LogP contribution < -0.4 is 11.1 Å². The van der Waals surface area contributed by atoms with E-state index in [1.807, 2.05) is 24.4 Å². The summed E-state index contributed by atoms with van der Waals surface area (Å²) < 4.78 is 5.07. The van der Waals surface area contributed by atoms with Crippen LogP contribution in [0, 0.1) is 6.92 Å². The van der Waals surface area contributed by atoms with Crippen LogP contribution >= 0.6 is 11.3 Å². The van der Waals surface area contributed by atoms with Gasteiger partial charge in [-0.2, -0.15) is 5.10 Å². The number of nitrogens with zero attached hydrogens (tertiary/aromatic N) is 2. The SMILES string of the molecule is Cc1csc(NN=Cc2ccc3oc(=O)ccc3c2)n1. The summed E-state index contributed by atoms with van der Waals surface area (Å²) in [5.74, 6) is 0. The Bertz CT molecular complexity index is 836. The van der Waals surface area contributed by atoms with Crippen molar-refractivity contribution >= 4 is 33.7 Å². The zero-order valence-electron chi connectivity index (χ0n) is 10.7. The van der Waals surface area contributed by atoms with Crippen molar-refractivity contribution in [3.05, 3.63) is 57.4 Å². The summed E-state index contributed by atoms with van der Waals surface area (Å²) in [5, 5.41) is 7.70. The van der Waals surface area contributed by atoms with Crippen LogP contribution in [0.1, 0.15) is 11.3 Å². The van der Waals surface area contributed by atoms with Crippen molar-refractivity contribution in [2.24, 2.45) is 5.10 Å². The van der Waals surface area contributed by atoms with Crippen LogP contribution in [0.5, 0.6) is 0 Å². The molecule has 3 rings (SSSR count). The van der Waals surface area contributed by atoms with Crippen molar-refractivity contribution < 1.29 is 4.42 Å². The minimum atomic E-state index is -0.347. The van der Waals surface area contributed by atoms with E-state index in [1.54, 1.807) is 18.3 Å². The van der Waals surface area contributed by atoms with E-state index < -0.39 is 0 Å². The first-order chi connectivity index (χ1) is 9.70. The predicted octanol–water partition coefficient (Wildman–Crippen LogP) is 3.00. The first kappa shape index (κ1) is 12.6. The molecule has 0 saturated carbocycles. The number of rotatable bonds is 3. The molecule has 0 aliphatic heterocycles. The standard InChI is InChI=1S/C14H11N3O2S/c1-9-8-20-14(16-9)17-15-7-10-2-4-12-11(6-10)3-5-13(18)19-12/h2-8H,1H3,(H,16,17). The highest BCUT2D eigenvalue weighted by molar-refractivity contribution is 7.13. The maximum absolute atomic E-state index is 11.1. The normalized spacial score (nSPS) is 11.2. The van der Waals surface area contributed by atoms with Crippen molar-refractivity contribution in [3.8, 4) is 0 Å². The average Bonchev–Trinajstić information content (AvgIpc) is 2.85. The largest absolute Gasteiger partial charge is 0.423 e. The molecule has 20 heavy (non-hydrogen) atoms. The average molecular weight is 285 g/mol. The summed E-state index contributed by atoms with van der Waals surface area (Å²) >= 11 is 1.50. The summed E-state index contributed by atoms with van der Waals surface area (Å²) in [6, 6.07) is 8.63. The first-order valence-corrected chi connectivity index (χ1v) is 6.84. The number of benzene rings is 1. The topological polar surface area (TPSA) is 67.5 Å². The molecule has 2 heterocycles. The van der Waals surface area contributed by atoms with Gasteiger partial charge in [0.1, 0.15) is 5.58 Å². The van der Waals surface area contributed by atoms with Gasteiger partial charge in [0.2, 0.25) is 5.13 Å². The third-order valence-electron chi connectivity index (χ3n) is 2.64. The van der Waals surface area contributed by atoms with E-state index in [9.17, 15) is 4.79 Å². The van der Waals surface area contributed by atoms with Gasteiger partial charge >= 0.3 is 5.63 Å². The minimum Gasteiger partial charge on any atom is -0.423 e. The molecule has 0 aliphatic rings. The van der Waals surface area contributed by atoms with Gasteiger partial charge in [0.05, 0.1) is 11.9 Å². The molecule has 0 amide bonds. The van der Waals surface area contributed by atoms with Crippen LogP contribution in [0.4, 0.5) is 5.13 Å². The smallest absolute Gasteiger partial charge is 0.336 e. The number of hydrazone groups is 1. The second-order valence-corrected chi connectivity index (χ2v) is 5.07. The van der Waals surface area contributed by atoms with Crippen LogP contribution in [0.15, 0.2) is 50.0 Å². The number of nitrogens with one attached hydrogen (secondary N) is 1. The van der Waals surface area contributed by atoms with Crippen molar-refractivity contribution in [1.82, 2.24) is 4.98 Å². The molecule has 5 nitrogen and oxygen atoms in total. The van der Waals surface area contributed by atoms with E-state index in [0.717, 1.165) is 21.8 Å². The fourth-order valence-electron chi connectivity index (χ4n) is 1.74. The van der Waals surface area contributed by atoms with E-state index in [4.69, 9.17) is 4.42 Å². The Morgan fingerprint density at radius 1 is 1.35 bits per heavy atom. The van der Waals surface area contributed by atoms with Crippen LogP contribution in [-0.4, -0.2) is 11.2 Å². The summed E-state index contributed by atoms with van der Waals surface area (Å²) in [6.07, 6.45) is 1.70. The monoisotopic (exact) mass is 285 g/mol. The van der Waals surface area contributed by atoms with Crippen LogP contribution in [-0.2, 0) is 0 Å². The van der Waals surface area contributed by atoms with E-state index in [-0.39, 0.29) is 5.63 Å². The lowest BCUT2D eigenvalue weighted by atomic mass is 10.1. The number of aryl methyl sites for hydroxylation is 1. The highest BCUT2D eigenvalue weighted by atomic mass is 32.1. The third-order valence-corrected chi connectivity index (χ3v) is 3.50. The Hall–Kier alpha value is -2.47. The molecular formula is C14H11N3O2S. The molecule has 2 aromatic heterocycles. The second kappa shape index (κ2) is 5.26. The Kier molecular flexibility index (Phi) is 3.30. The van der Waals surface area contributed by atoms with E-state index in [1.165, 1.54) is 17.4 Å². The molecule has 0 fully saturated rings. The lowest BCUT2D eigenvalue weighted by Crippen LogP contribution is -1.95. The highest BCUT2D eigenvalue weighted by Crippen LogP contribution is 2.15. The Morgan fingerprint density at radius 3 is 3.05 bits per heavy atom. The number of hydrogen-bond acceptors (Lipinski definition) is 6. The van der Waals surface area contributed by atoms with Gasteiger partial charge < -0.3 is 4.42 Å². The molecule has 0 bridgehead atoms. The van der Waals surface area contributed by atoms with E-state index in [0.29, 0.717) is 5.58 Å². The molecule has 0 spiro atoms. The van der Waals surface area contributed by atoms with Crippen LogP contribution in [0.25, 0.3) is 11.0 Å². The maximum Gasteiger partial charge on any atom is 0.336 e. The van der Waals surface area contributed by atoms with Crippen molar-refractivity contribution in [2.75, 3.05) is 5.43 Å². The van der Waals surface area contributed by atoms with E-state index in [2.05, 4.69) is 15.5 Å². The molecule has 0 unspecified atom stereocenters. The minimum absolute atomic E-state index is 0.347. The summed E-state index contributed by atoms with van der Waals surface area (Å²) in [6.45, 7) is 1.93. The lowest BCUT2D eigenvalue weighted by molar-refractivity contribution is 0.561. The molecule has 1 aromatic carbocycles. The van der Waals surface area contributed by atoms with Crippen LogP contribution in [0.2, 0.25) is 0 Å². The first-order valence-electron chi connectivity index (χ1n) is 5.96. The van der Waals surface area contributed by atoms with Gasteiger partial charge in [0.15, 0.2) is 0 Å². The van der Waals surface area contributed by atoms with Gasteiger partial charge in [-0.05, 0) is 36.8 Å². The molecule has 0 saturated heterocycles. The van der Waals surface area contributed by atoms with Gasteiger partial charge in [0.25, 0.3) is 0 Å². The van der Waals surface area contributed by atoms with Gasteiger partial charge in [-0.25, -0.2) is 9.78 Å². The Morgan fingerprint density at radius 2 is 2.25 bits per heavy atom. The molecule has 3 aromatic rings.